The second-order valence-electron chi connectivity index (χ2n) is 6.46. The maximum absolute atomic E-state index is 12.4. The van der Waals surface area contributed by atoms with Gasteiger partial charge in [-0.1, -0.05) is 0 Å². The van der Waals surface area contributed by atoms with Crippen LogP contribution in [-0.2, 0) is 4.79 Å². The van der Waals surface area contributed by atoms with Crippen LogP contribution in [0.15, 0.2) is 77.7 Å². The van der Waals surface area contributed by atoms with Gasteiger partial charge in [0, 0.05) is 25.4 Å². The van der Waals surface area contributed by atoms with E-state index in [1.807, 2.05) is 55.5 Å². The Morgan fingerprint density at radius 1 is 0.867 bits per heavy atom. The average Bonchev–Trinajstić information content (AvgIpc) is 2.76. The van der Waals surface area contributed by atoms with E-state index in [4.69, 9.17) is 4.74 Å². The number of halogens is 1. The predicted octanol–water partition coefficient (Wildman–Crippen LogP) is 5.67. The van der Waals surface area contributed by atoms with Crippen LogP contribution in [0, 0.1) is 3.57 Å². The summed E-state index contributed by atoms with van der Waals surface area (Å²) in [5.41, 5.74) is 2.02. The summed E-state index contributed by atoms with van der Waals surface area (Å²) in [4.78, 5) is 25.7. The number of thioether (sulfide) groups is 1. The van der Waals surface area contributed by atoms with E-state index in [1.165, 1.54) is 11.8 Å². The molecule has 3 rings (SSSR count). The highest BCUT2D eigenvalue weighted by molar-refractivity contribution is 14.1. The fourth-order valence-electron chi connectivity index (χ4n) is 2.60. The van der Waals surface area contributed by atoms with Crippen LogP contribution in [0.5, 0.6) is 5.75 Å². The van der Waals surface area contributed by atoms with Crippen LogP contribution < -0.4 is 15.4 Å². The lowest BCUT2D eigenvalue weighted by atomic mass is 10.2. The lowest BCUT2D eigenvalue weighted by Crippen LogP contribution is -2.22. The summed E-state index contributed by atoms with van der Waals surface area (Å²) in [6.07, 6.45) is 0. The number of amides is 2. The fourth-order valence-corrected chi connectivity index (χ4v) is 3.82. The summed E-state index contributed by atoms with van der Waals surface area (Å²) >= 11 is 3.69. The van der Waals surface area contributed by atoms with Crippen LogP contribution in [0.3, 0.4) is 0 Å². The summed E-state index contributed by atoms with van der Waals surface area (Å²) in [6.45, 7) is 1.87. The van der Waals surface area contributed by atoms with E-state index in [9.17, 15) is 9.59 Å². The van der Waals surface area contributed by atoms with Crippen LogP contribution in [0.25, 0.3) is 0 Å². The van der Waals surface area contributed by atoms with Gasteiger partial charge in [-0.3, -0.25) is 9.59 Å². The number of methoxy groups -OCH3 is 1. The van der Waals surface area contributed by atoms with Crippen molar-refractivity contribution < 1.29 is 14.3 Å². The van der Waals surface area contributed by atoms with E-state index in [-0.39, 0.29) is 17.1 Å². The summed E-state index contributed by atoms with van der Waals surface area (Å²) in [7, 11) is 1.58. The normalized spacial score (nSPS) is 11.4. The first-order chi connectivity index (χ1) is 14.4. The molecule has 2 N–H and O–H groups in total. The van der Waals surface area contributed by atoms with Crippen molar-refractivity contribution in [3.05, 3.63) is 81.9 Å². The van der Waals surface area contributed by atoms with E-state index in [1.54, 1.807) is 31.4 Å². The minimum absolute atomic E-state index is 0.0573. The summed E-state index contributed by atoms with van der Waals surface area (Å²) in [5.74, 6) is 0.453. The first-order valence-corrected chi connectivity index (χ1v) is 11.2. The molecule has 0 saturated carbocycles. The van der Waals surface area contributed by atoms with E-state index < -0.39 is 0 Å². The molecule has 0 radical (unpaired) electrons. The van der Waals surface area contributed by atoms with Gasteiger partial charge in [-0.25, -0.2) is 0 Å². The molecule has 0 bridgehead atoms. The molecule has 30 heavy (non-hydrogen) atoms. The van der Waals surface area contributed by atoms with Crippen LogP contribution >= 0.6 is 34.4 Å². The average molecular weight is 532 g/mol. The van der Waals surface area contributed by atoms with E-state index in [0.29, 0.717) is 17.0 Å². The fraction of sp³-hybridized carbons (Fsp3) is 0.130. The molecule has 0 aliphatic rings. The molecule has 0 saturated heterocycles. The Bertz CT molecular complexity index is 1010. The third kappa shape index (κ3) is 6.24. The minimum Gasteiger partial charge on any atom is -0.497 e. The number of hydrogen-bond donors (Lipinski definition) is 2. The van der Waals surface area contributed by atoms with Gasteiger partial charge in [-0.15, -0.1) is 11.8 Å². The molecule has 7 heteroatoms. The zero-order chi connectivity index (χ0) is 21.5. The largest absolute Gasteiger partial charge is 0.497 e. The number of rotatable bonds is 7. The number of carbonyl (C=O) groups is 2. The van der Waals surface area contributed by atoms with Gasteiger partial charge in [0.2, 0.25) is 5.91 Å². The van der Waals surface area contributed by atoms with Gasteiger partial charge in [0.05, 0.1) is 12.4 Å². The van der Waals surface area contributed by atoms with Gasteiger partial charge in [-0.05, 0) is 102 Å². The third-order valence-corrected chi connectivity index (χ3v) is 6.09. The Balaban J connectivity index is 1.54. The highest BCUT2D eigenvalue weighted by Gasteiger charge is 2.15. The number of hydrogen-bond acceptors (Lipinski definition) is 4. The molecule has 0 spiro atoms. The molecule has 1 unspecified atom stereocenters. The van der Waals surface area contributed by atoms with E-state index >= 15 is 0 Å². The molecule has 0 heterocycles. The van der Waals surface area contributed by atoms with Crippen molar-refractivity contribution in [1.29, 1.82) is 0 Å². The van der Waals surface area contributed by atoms with Crippen LogP contribution in [0.4, 0.5) is 11.4 Å². The van der Waals surface area contributed by atoms with Gasteiger partial charge in [0.25, 0.3) is 5.91 Å². The van der Waals surface area contributed by atoms with Gasteiger partial charge < -0.3 is 15.4 Å². The Labute approximate surface area is 193 Å². The Morgan fingerprint density at radius 3 is 2.03 bits per heavy atom. The highest BCUT2D eigenvalue weighted by atomic mass is 127. The Kier molecular flexibility index (Phi) is 7.75. The van der Waals surface area contributed by atoms with Crippen molar-refractivity contribution in [2.45, 2.75) is 17.1 Å². The van der Waals surface area contributed by atoms with E-state index in [2.05, 4.69) is 33.2 Å². The standard InChI is InChI=1S/C23H21IN2O3S/c1-15(22(27)25-18-7-5-17(24)6-8-18)30-21-13-9-19(10-14-21)26-23(28)16-3-11-20(29-2)12-4-16/h3-15H,1-2H3,(H,25,27)(H,26,28). The number of carbonyl (C=O) groups excluding carboxylic acids is 2. The lowest BCUT2D eigenvalue weighted by Gasteiger charge is -2.13. The van der Waals surface area contributed by atoms with Crippen molar-refractivity contribution in [1.82, 2.24) is 0 Å². The molecule has 0 aromatic heterocycles. The summed E-state index contributed by atoms with van der Waals surface area (Å²) < 4.78 is 6.22. The molecule has 2 amide bonds. The van der Waals surface area contributed by atoms with Crippen LogP contribution in [-0.4, -0.2) is 24.2 Å². The number of ether oxygens (including phenoxy) is 1. The highest BCUT2D eigenvalue weighted by Crippen LogP contribution is 2.26. The summed E-state index contributed by atoms with van der Waals surface area (Å²) in [5, 5.41) is 5.53. The van der Waals surface area contributed by atoms with Gasteiger partial charge in [-0.2, -0.15) is 0 Å². The van der Waals surface area contributed by atoms with Crippen molar-refractivity contribution in [3.8, 4) is 5.75 Å². The Hall–Kier alpha value is -2.52. The van der Waals surface area contributed by atoms with Gasteiger partial charge in [0.1, 0.15) is 5.75 Å². The van der Waals surface area contributed by atoms with Crippen molar-refractivity contribution in [3.63, 3.8) is 0 Å². The molecular formula is C23H21IN2O3S. The molecule has 1 atom stereocenters. The maximum Gasteiger partial charge on any atom is 0.255 e. The number of benzene rings is 3. The molecule has 5 nitrogen and oxygen atoms in total. The summed E-state index contributed by atoms with van der Waals surface area (Å²) in [6, 6.07) is 22.0. The first kappa shape index (κ1) is 22.2. The SMILES string of the molecule is COc1ccc(C(=O)Nc2ccc(SC(C)C(=O)Nc3ccc(I)cc3)cc2)cc1. The van der Waals surface area contributed by atoms with E-state index in [0.717, 1.165) is 14.2 Å². The van der Waals surface area contributed by atoms with Crippen molar-refractivity contribution in [2.24, 2.45) is 0 Å². The maximum atomic E-state index is 12.4. The predicted molar refractivity (Wildman–Crippen MR) is 130 cm³/mol. The Morgan fingerprint density at radius 2 is 1.43 bits per heavy atom. The van der Waals surface area contributed by atoms with Crippen molar-refractivity contribution in [2.75, 3.05) is 17.7 Å². The van der Waals surface area contributed by atoms with Crippen LogP contribution in [0.1, 0.15) is 17.3 Å². The second-order valence-corrected chi connectivity index (χ2v) is 9.12. The molecule has 154 valence electrons. The smallest absolute Gasteiger partial charge is 0.255 e. The van der Waals surface area contributed by atoms with Crippen molar-refractivity contribution >= 4 is 57.5 Å². The molecular weight excluding hydrogens is 511 g/mol. The zero-order valence-electron chi connectivity index (χ0n) is 16.5. The molecule has 0 aliphatic carbocycles. The van der Waals surface area contributed by atoms with Gasteiger partial charge >= 0.3 is 0 Å². The zero-order valence-corrected chi connectivity index (χ0v) is 19.5. The molecule has 3 aromatic carbocycles. The lowest BCUT2D eigenvalue weighted by molar-refractivity contribution is -0.115. The molecule has 0 aliphatic heterocycles. The molecule has 3 aromatic rings. The second kappa shape index (κ2) is 10.5. The molecule has 0 fully saturated rings. The number of nitrogens with one attached hydrogen (secondary N) is 2. The topological polar surface area (TPSA) is 67.4 Å². The first-order valence-electron chi connectivity index (χ1n) is 9.23. The monoisotopic (exact) mass is 532 g/mol. The van der Waals surface area contributed by atoms with Gasteiger partial charge in [0.15, 0.2) is 0 Å². The van der Waals surface area contributed by atoms with Crippen LogP contribution in [0.2, 0.25) is 0 Å². The minimum atomic E-state index is -0.260. The quantitative estimate of drug-likeness (QED) is 0.304. The third-order valence-electron chi connectivity index (χ3n) is 4.26. The number of anilines is 2.